The Morgan fingerprint density at radius 1 is 1.35 bits per heavy atom. The summed E-state index contributed by atoms with van der Waals surface area (Å²) in [5.74, 6) is 2.91. The lowest BCUT2D eigenvalue weighted by molar-refractivity contribution is -0.150. The molecule has 1 amide bonds. The number of aliphatic hydroxyl groups excluding tert-OH is 1. The van der Waals surface area contributed by atoms with Crippen molar-refractivity contribution in [2.45, 2.75) is 19.0 Å². The van der Waals surface area contributed by atoms with Gasteiger partial charge in [0.2, 0.25) is 5.91 Å². The van der Waals surface area contributed by atoms with Crippen LogP contribution in [0.4, 0.5) is 23.2 Å². The van der Waals surface area contributed by atoms with E-state index in [0.29, 0.717) is 5.56 Å². The first-order valence-electron chi connectivity index (χ1n) is 5.57. The first kappa shape index (κ1) is 16.0. The van der Waals surface area contributed by atoms with Crippen LogP contribution in [0.15, 0.2) is 18.2 Å². The van der Waals surface area contributed by atoms with Crippen LogP contribution < -0.4 is 5.32 Å². The van der Waals surface area contributed by atoms with Crippen LogP contribution in [0.5, 0.6) is 0 Å². The van der Waals surface area contributed by atoms with Gasteiger partial charge in [0, 0.05) is 12.0 Å². The largest absolute Gasteiger partial charge is 0.397 e. The molecule has 1 aromatic rings. The molecule has 1 rings (SSSR count). The fraction of sp³-hybridized carbons (Fsp3) is 0.308. The molecule has 2 N–H and O–H groups in total. The lowest BCUT2D eigenvalue weighted by Crippen LogP contribution is -2.21. The molecule has 0 unspecified atom stereocenters. The molecule has 0 heterocycles. The molecule has 0 aliphatic heterocycles. The lowest BCUT2D eigenvalue weighted by atomic mass is 10.2. The Morgan fingerprint density at radius 3 is 2.60 bits per heavy atom. The van der Waals surface area contributed by atoms with Crippen molar-refractivity contribution in [3.05, 3.63) is 29.6 Å². The first-order chi connectivity index (χ1) is 9.31. The molecule has 0 bridgehead atoms. The summed E-state index contributed by atoms with van der Waals surface area (Å²) in [6.45, 7) is -0.124. The molecule has 0 saturated carbocycles. The van der Waals surface area contributed by atoms with Gasteiger partial charge >= 0.3 is 6.18 Å². The number of hydrogen-bond acceptors (Lipinski definition) is 2. The maximum absolute atomic E-state index is 13.5. The van der Waals surface area contributed by atoms with Crippen LogP contribution in [0.1, 0.15) is 18.4 Å². The number of carbonyl (C=O) groups is 1. The lowest BCUT2D eigenvalue weighted by Gasteiger charge is -2.08. The quantitative estimate of drug-likeness (QED) is 0.663. The third kappa shape index (κ3) is 5.71. The van der Waals surface area contributed by atoms with E-state index in [-0.39, 0.29) is 18.7 Å². The van der Waals surface area contributed by atoms with Crippen molar-refractivity contribution < 1.29 is 27.5 Å². The molecule has 0 atom stereocenters. The van der Waals surface area contributed by atoms with Crippen LogP contribution >= 0.6 is 0 Å². The van der Waals surface area contributed by atoms with E-state index in [2.05, 4.69) is 11.8 Å². The SMILES string of the molecule is O=C(CC(F)(F)F)Nc1ccc(C#CCCO)cc1F. The molecular formula is C13H11F4NO2. The van der Waals surface area contributed by atoms with Gasteiger partial charge in [-0.15, -0.1) is 0 Å². The van der Waals surface area contributed by atoms with Gasteiger partial charge in [-0.3, -0.25) is 4.79 Å². The highest BCUT2D eigenvalue weighted by Crippen LogP contribution is 2.21. The number of anilines is 1. The number of carbonyl (C=O) groups excluding carboxylic acids is 1. The van der Waals surface area contributed by atoms with Gasteiger partial charge < -0.3 is 10.4 Å². The van der Waals surface area contributed by atoms with Crippen LogP contribution in [0, 0.1) is 17.7 Å². The average molecular weight is 289 g/mol. The van der Waals surface area contributed by atoms with Gasteiger partial charge in [-0.05, 0) is 18.2 Å². The topological polar surface area (TPSA) is 49.3 Å². The van der Waals surface area contributed by atoms with E-state index >= 15 is 0 Å². The molecule has 0 aromatic heterocycles. The van der Waals surface area contributed by atoms with Crippen LogP contribution in [0.2, 0.25) is 0 Å². The normalized spacial score (nSPS) is 10.7. The summed E-state index contributed by atoms with van der Waals surface area (Å²) < 4.78 is 49.4. The van der Waals surface area contributed by atoms with Crippen molar-refractivity contribution in [3.63, 3.8) is 0 Å². The zero-order valence-corrected chi connectivity index (χ0v) is 10.2. The van der Waals surface area contributed by atoms with Crippen molar-refractivity contribution >= 4 is 11.6 Å². The number of rotatable bonds is 3. The Kier molecular flexibility index (Phi) is 5.53. The van der Waals surface area contributed by atoms with E-state index in [1.54, 1.807) is 0 Å². The summed E-state index contributed by atoms with van der Waals surface area (Å²) in [4.78, 5) is 11.0. The number of nitrogens with one attached hydrogen (secondary N) is 1. The summed E-state index contributed by atoms with van der Waals surface area (Å²) in [6, 6.07) is 3.48. The molecule has 0 spiro atoms. The first-order valence-corrected chi connectivity index (χ1v) is 5.57. The van der Waals surface area contributed by atoms with Crippen LogP contribution in [-0.4, -0.2) is 23.8 Å². The van der Waals surface area contributed by atoms with Crippen LogP contribution in [-0.2, 0) is 4.79 Å². The molecular weight excluding hydrogens is 278 g/mol. The van der Waals surface area contributed by atoms with Crippen molar-refractivity contribution in [3.8, 4) is 11.8 Å². The highest BCUT2D eigenvalue weighted by atomic mass is 19.4. The van der Waals surface area contributed by atoms with Gasteiger partial charge in [-0.2, -0.15) is 13.2 Å². The molecule has 1 aromatic carbocycles. The second-order valence-corrected chi connectivity index (χ2v) is 3.81. The molecule has 3 nitrogen and oxygen atoms in total. The van der Waals surface area contributed by atoms with Crippen LogP contribution in [0.3, 0.4) is 0 Å². The van der Waals surface area contributed by atoms with Crippen LogP contribution in [0.25, 0.3) is 0 Å². The Balaban J connectivity index is 2.74. The van der Waals surface area contributed by atoms with Crippen molar-refractivity contribution in [1.82, 2.24) is 0 Å². The monoisotopic (exact) mass is 289 g/mol. The fourth-order valence-corrected chi connectivity index (χ4v) is 1.29. The van der Waals surface area contributed by atoms with E-state index in [0.717, 1.165) is 12.1 Å². The zero-order chi connectivity index (χ0) is 15.2. The number of halogens is 4. The summed E-state index contributed by atoms with van der Waals surface area (Å²) in [7, 11) is 0. The molecule has 0 aliphatic carbocycles. The maximum Gasteiger partial charge on any atom is 0.397 e. The fourth-order valence-electron chi connectivity index (χ4n) is 1.29. The highest BCUT2D eigenvalue weighted by molar-refractivity contribution is 5.91. The third-order valence-electron chi connectivity index (χ3n) is 2.07. The highest BCUT2D eigenvalue weighted by Gasteiger charge is 2.31. The Morgan fingerprint density at radius 2 is 2.05 bits per heavy atom. The number of hydrogen-bond donors (Lipinski definition) is 2. The summed E-state index contributed by atoms with van der Waals surface area (Å²) in [5, 5.41) is 10.4. The predicted octanol–water partition coefficient (Wildman–Crippen LogP) is 2.45. The smallest absolute Gasteiger partial charge is 0.395 e. The minimum absolute atomic E-state index is 0.124. The molecule has 108 valence electrons. The minimum atomic E-state index is -4.64. The second kappa shape index (κ2) is 6.91. The van der Waals surface area contributed by atoms with Crippen molar-refractivity contribution in [2.75, 3.05) is 11.9 Å². The van der Waals surface area contributed by atoms with E-state index in [9.17, 15) is 22.4 Å². The third-order valence-corrected chi connectivity index (χ3v) is 2.07. The standard InChI is InChI=1S/C13H11F4NO2/c14-10-7-9(3-1-2-6-19)4-5-11(10)18-12(20)8-13(15,16)17/h4-5,7,19H,2,6,8H2,(H,18,20). The van der Waals surface area contributed by atoms with E-state index in [1.807, 2.05) is 5.32 Å². The predicted molar refractivity (Wildman–Crippen MR) is 64.3 cm³/mol. The molecule has 0 aliphatic rings. The van der Waals surface area contributed by atoms with Gasteiger partial charge in [-0.25, -0.2) is 4.39 Å². The Bertz CT molecular complexity index is 544. The summed E-state index contributed by atoms with van der Waals surface area (Å²) in [6.07, 6.45) is -6.09. The molecule has 20 heavy (non-hydrogen) atoms. The Labute approximate surface area is 112 Å². The van der Waals surface area contributed by atoms with E-state index in [1.165, 1.54) is 6.07 Å². The minimum Gasteiger partial charge on any atom is -0.395 e. The van der Waals surface area contributed by atoms with Crippen molar-refractivity contribution in [2.24, 2.45) is 0 Å². The number of aliphatic hydroxyl groups is 1. The Hall–Kier alpha value is -2.07. The summed E-state index contributed by atoms with van der Waals surface area (Å²) in [5.41, 5.74) is -0.0447. The maximum atomic E-state index is 13.5. The van der Waals surface area contributed by atoms with Crippen molar-refractivity contribution in [1.29, 1.82) is 0 Å². The van der Waals surface area contributed by atoms with Gasteiger partial charge in [0.25, 0.3) is 0 Å². The van der Waals surface area contributed by atoms with E-state index in [4.69, 9.17) is 5.11 Å². The zero-order valence-electron chi connectivity index (χ0n) is 10.2. The van der Waals surface area contributed by atoms with Gasteiger partial charge in [0.1, 0.15) is 12.2 Å². The van der Waals surface area contributed by atoms with Gasteiger partial charge in [0.15, 0.2) is 0 Å². The average Bonchev–Trinajstić information content (AvgIpc) is 2.30. The second-order valence-electron chi connectivity index (χ2n) is 3.81. The van der Waals surface area contributed by atoms with Gasteiger partial charge in [0.05, 0.1) is 12.3 Å². The van der Waals surface area contributed by atoms with Gasteiger partial charge in [-0.1, -0.05) is 11.8 Å². The molecule has 0 radical (unpaired) electrons. The molecule has 0 saturated heterocycles. The number of benzene rings is 1. The number of alkyl halides is 3. The number of amides is 1. The van der Waals surface area contributed by atoms with E-state index < -0.39 is 24.3 Å². The molecule has 7 heteroatoms. The summed E-state index contributed by atoms with van der Waals surface area (Å²) >= 11 is 0. The molecule has 0 fully saturated rings.